The smallest absolute Gasteiger partial charge is 0.257 e. The summed E-state index contributed by atoms with van der Waals surface area (Å²) in [6.45, 7) is 4.35. The number of hydrogen-bond donors (Lipinski definition) is 1. The van der Waals surface area contributed by atoms with Gasteiger partial charge in [-0.15, -0.1) is 0 Å². The van der Waals surface area contributed by atoms with Crippen molar-refractivity contribution < 1.29 is 13.2 Å². The fourth-order valence-electron chi connectivity index (χ4n) is 4.16. The summed E-state index contributed by atoms with van der Waals surface area (Å²) in [7, 11) is -3.58. The summed E-state index contributed by atoms with van der Waals surface area (Å²) in [4.78, 5) is 17.3. The van der Waals surface area contributed by atoms with Crippen LogP contribution < -0.4 is 5.32 Å². The summed E-state index contributed by atoms with van der Waals surface area (Å²) in [6.07, 6.45) is 5.14. The average Bonchev–Trinajstić information content (AvgIpc) is 3.16. The number of nitrogens with one attached hydrogen (secondary N) is 1. The molecular formula is C23H27N3O3S2. The first-order chi connectivity index (χ1) is 14.9. The standard InChI is InChI=1S/C23H27N3O3S2/c1-3-26(18-7-5-4-6-8-18)31(28,29)19-12-10-17(11-13-19)22(27)25-23-24-20-14-9-16(2)15-21(20)30-23/h9-15,18H,3-8H2,1-2H3,(H,24,25,27). The van der Waals surface area contributed by atoms with Crippen LogP contribution in [0.5, 0.6) is 0 Å². The molecule has 8 heteroatoms. The molecule has 0 atom stereocenters. The van der Waals surface area contributed by atoms with Crippen molar-refractivity contribution in [3.63, 3.8) is 0 Å². The van der Waals surface area contributed by atoms with Crippen molar-refractivity contribution in [1.29, 1.82) is 0 Å². The van der Waals surface area contributed by atoms with Crippen LogP contribution in [-0.2, 0) is 10.0 Å². The molecule has 1 heterocycles. The number of sulfonamides is 1. The van der Waals surface area contributed by atoms with Gasteiger partial charge in [-0.1, -0.05) is 43.6 Å². The Morgan fingerprint density at radius 2 is 1.84 bits per heavy atom. The molecule has 0 bridgehead atoms. The Hall–Kier alpha value is -2.29. The van der Waals surface area contributed by atoms with E-state index < -0.39 is 10.0 Å². The Labute approximate surface area is 187 Å². The minimum Gasteiger partial charge on any atom is -0.298 e. The molecule has 1 N–H and O–H groups in total. The van der Waals surface area contributed by atoms with Crippen molar-refractivity contribution in [2.24, 2.45) is 0 Å². The van der Waals surface area contributed by atoms with Crippen LogP contribution in [-0.4, -0.2) is 36.2 Å². The van der Waals surface area contributed by atoms with E-state index in [1.54, 1.807) is 16.4 Å². The molecule has 2 aromatic carbocycles. The zero-order chi connectivity index (χ0) is 22.0. The summed E-state index contributed by atoms with van der Waals surface area (Å²) < 4.78 is 29.0. The molecule has 164 valence electrons. The lowest BCUT2D eigenvalue weighted by molar-refractivity contribution is 0.102. The largest absolute Gasteiger partial charge is 0.298 e. The first-order valence-corrected chi connectivity index (χ1v) is 12.9. The number of rotatable bonds is 6. The second kappa shape index (κ2) is 9.06. The quantitative estimate of drug-likeness (QED) is 0.552. The van der Waals surface area contributed by atoms with Crippen molar-refractivity contribution in [3.8, 4) is 0 Å². The highest BCUT2D eigenvalue weighted by Gasteiger charge is 2.31. The average molecular weight is 458 g/mol. The number of anilines is 1. The monoisotopic (exact) mass is 457 g/mol. The number of fused-ring (bicyclic) bond motifs is 1. The highest BCUT2D eigenvalue weighted by atomic mass is 32.2. The minimum absolute atomic E-state index is 0.0643. The number of aryl methyl sites for hydroxylation is 1. The Morgan fingerprint density at radius 3 is 2.52 bits per heavy atom. The fraction of sp³-hybridized carbons (Fsp3) is 0.391. The fourth-order valence-corrected chi connectivity index (χ4v) is 6.81. The van der Waals surface area contributed by atoms with E-state index in [0.29, 0.717) is 17.2 Å². The van der Waals surface area contributed by atoms with E-state index in [-0.39, 0.29) is 16.8 Å². The van der Waals surface area contributed by atoms with Crippen molar-refractivity contribution in [2.75, 3.05) is 11.9 Å². The second-order valence-electron chi connectivity index (χ2n) is 7.97. The first kappa shape index (κ1) is 21.9. The summed E-state index contributed by atoms with van der Waals surface area (Å²) in [6, 6.07) is 12.2. The van der Waals surface area contributed by atoms with Crippen molar-refractivity contribution in [2.45, 2.75) is 56.9 Å². The molecule has 0 unspecified atom stereocenters. The van der Waals surface area contributed by atoms with Gasteiger partial charge >= 0.3 is 0 Å². The van der Waals surface area contributed by atoms with E-state index >= 15 is 0 Å². The summed E-state index contributed by atoms with van der Waals surface area (Å²) in [5.41, 5.74) is 2.38. The van der Waals surface area contributed by atoms with Crippen LogP contribution in [0.3, 0.4) is 0 Å². The van der Waals surface area contributed by atoms with Gasteiger partial charge in [-0.25, -0.2) is 13.4 Å². The van der Waals surface area contributed by atoms with E-state index in [2.05, 4.69) is 10.3 Å². The van der Waals surface area contributed by atoms with Crippen LogP contribution in [0.2, 0.25) is 0 Å². The molecule has 4 rings (SSSR count). The van der Waals surface area contributed by atoms with Gasteiger partial charge in [0.05, 0.1) is 15.1 Å². The maximum atomic E-state index is 13.2. The van der Waals surface area contributed by atoms with E-state index in [9.17, 15) is 13.2 Å². The van der Waals surface area contributed by atoms with Gasteiger partial charge in [0.1, 0.15) is 0 Å². The number of hydrogen-bond acceptors (Lipinski definition) is 5. The molecule has 31 heavy (non-hydrogen) atoms. The van der Waals surface area contributed by atoms with Crippen LogP contribution in [0.4, 0.5) is 5.13 Å². The second-order valence-corrected chi connectivity index (χ2v) is 10.9. The molecule has 1 aromatic heterocycles. The van der Waals surface area contributed by atoms with Crippen LogP contribution in [0.15, 0.2) is 47.4 Å². The normalized spacial score (nSPS) is 15.5. The lowest BCUT2D eigenvalue weighted by Crippen LogP contribution is -2.41. The Morgan fingerprint density at radius 1 is 1.13 bits per heavy atom. The maximum Gasteiger partial charge on any atom is 0.257 e. The van der Waals surface area contributed by atoms with E-state index in [0.717, 1.165) is 41.5 Å². The molecule has 0 saturated heterocycles. The number of nitrogens with zero attached hydrogens (tertiary/aromatic N) is 2. The third kappa shape index (κ3) is 4.66. The molecule has 1 amide bonds. The highest BCUT2D eigenvalue weighted by molar-refractivity contribution is 7.89. The van der Waals surface area contributed by atoms with Gasteiger partial charge in [-0.2, -0.15) is 4.31 Å². The summed E-state index contributed by atoms with van der Waals surface area (Å²) >= 11 is 1.42. The van der Waals surface area contributed by atoms with Crippen molar-refractivity contribution in [1.82, 2.24) is 9.29 Å². The van der Waals surface area contributed by atoms with Gasteiger partial charge in [-0.3, -0.25) is 10.1 Å². The first-order valence-electron chi connectivity index (χ1n) is 10.7. The van der Waals surface area contributed by atoms with Crippen molar-refractivity contribution >= 4 is 42.6 Å². The third-order valence-corrected chi connectivity index (χ3v) is 8.76. The molecule has 0 radical (unpaired) electrons. The zero-order valence-electron chi connectivity index (χ0n) is 17.8. The van der Waals surface area contributed by atoms with Crippen LogP contribution in [0, 0.1) is 6.92 Å². The Balaban J connectivity index is 1.50. The molecular weight excluding hydrogens is 430 g/mol. The molecule has 1 aliphatic rings. The SMILES string of the molecule is CCN(C1CCCCC1)S(=O)(=O)c1ccc(C(=O)Nc2nc3ccc(C)cc3s2)cc1. The van der Waals surface area contributed by atoms with Gasteiger partial charge in [0.15, 0.2) is 5.13 Å². The number of aromatic nitrogens is 1. The predicted octanol–water partition coefficient (Wildman–Crippen LogP) is 5.20. The maximum absolute atomic E-state index is 13.2. The predicted molar refractivity (Wildman–Crippen MR) is 125 cm³/mol. The van der Waals surface area contributed by atoms with E-state index in [1.165, 1.54) is 29.9 Å². The minimum atomic E-state index is -3.58. The van der Waals surface area contributed by atoms with Gasteiger partial charge in [-0.05, 0) is 61.7 Å². The van der Waals surface area contributed by atoms with Crippen LogP contribution in [0.1, 0.15) is 54.9 Å². The summed E-state index contributed by atoms with van der Waals surface area (Å²) in [5, 5.41) is 3.34. The topological polar surface area (TPSA) is 79.4 Å². The number of thiazole rings is 1. The van der Waals surface area contributed by atoms with E-state index in [4.69, 9.17) is 0 Å². The lowest BCUT2D eigenvalue weighted by Gasteiger charge is -2.32. The van der Waals surface area contributed by atoms with Gasteiger partial charge in [0.25, 0.3) is 5.91 Å². The Bertz CT molecular complexity index is 1180. The zero-order valence-corrected chi connectivity index (χ0v) is 19.4. The molecule has 6 nitrogen and oxygen atoms in total. The van der Waals surface area contributed by atoms with Gasteiger partial charge < -0.3 is 0 Å². The third-order valence-electron chi connectivity index (χ3n) is 5.78. The molecule has 1 aliphatic carbocycles. The number of carbonyl (C=O) groups excluding carboxylic acids is 1. The number of carbonyl (C=O) groups is 1. The Kier molecular flexibility index (Phi) is 6.41. The molecule has 0 spiro atoms. The number of amides is 1. The summed E-state index contributed by atoms with van der Waals surface area (Å²) in [5.74, 6) is -0.306. The molecule has 0 aliphatic heterocycles. The van der Waals surface area contributed by atoms with E-state index in [1.807, 2.05) is 32.0 Å². The van der Waals surface area contributed by atoms with Gasteiger partial charge in [0.2, 0.25) is 10.0 Å². The highest BCUT2D eigenvalue weighted by Crippen LogP contribution is 2.29. The van der Waals surface area contributed by atoms with Gasteiger partial charge in [0, 0.05) is 18.2 Å². The van der Waals surface area contributed by atoms with Crippen molar-refractivity contribution in [3.05, 3.63) is 53.6 Å². The number of benzene rings is 2. The molecule has 1 saturated carbocycles. The molecule has 1 fully saturated rings. The lowest BCUT2D eigenvalue weighted by atomic mass is 9.95. The van der Waals surface area contributed by atoms with Crippen LogP contribution >= 0.6 is 11.3 Å². The van der Waals surface area contributed by atoms with Crippen LogP contribution in [0.25, 0.3) is 10.2 Å². The molecule has 3 aromatic rings.